The normalized spacial score (nSPS) is 10.5. The first-order chi connectivity index (χ1) is 9.74. The highest BCUT2D eigenvalue weighted by Gasteiger charge is 2.03. The van der Waals surface area contributed by atoms with Crippen LogP contribution in [0.1, 0.15) is 68.6 Å². The van der Waals surface area contributed by atoms with Crippen LogP contribution in [0.5, 0.6) is 0 Å². The van der Waals surface area contributed by atoms with Crippen LogP contribution in [0.4, 0.5) is 0 Å². The number of amides is 1. The second kappa shape index (κ2) is 10.8. The van der Waals surface area contributed by atoms with E-state index in [0.717, 1.165) is 17.9 Å². The number of carbonyl (C=O) groups excluding carboxylic acids is 1. The van der Waals surface area contributed by atoms with Gasteiger partial charge in [-0.25, -0.2) is 0 Å². The summed E-state index contributed by atoms with van der Waals surface area (Å²) in [6, 6.07) is 7.31. The molecule has 0 bridgehead atoms. The van der Waals surface area contributed by atoms with Gasteiger partial charge in [-0.3, -0.25) is 4.79 Å². The first-order valence-corrected chi connectivity index (χ1v) is 8.26. The molecule has 0 heterocycles. The molecular weight excluding hydrogens is 266 g/mol. The molecular formula is C17H27NOS. The Morgan fingerprint density at radius 3 is 2.10 bits per heavy atom. The Kier molecular flexibility index (Phi) is 9.22. The third-order valence-electron chi connectivity index (χ3n) is 3.45. The summed E-state index contributed by atoms with van der Waals surface area (Å²) in [4.78, 5) is 12.7. The predicted molar refractivity (Wildman–Crippen MR) is 88.6 cm³/mol. The number of thiol groups is 1. The molecule has 1 amide bonds. The van der Waals surface area contributed by atoms with Crippen LogP contribution in [-0.2, 0) is 0 Å². The van der Waals surface area contributed by atoms with E-state index in [2.05, 4.69) is 24.9 Å². The number of hydrogen-bond donors (Lipinski definition) is 2. The quantitative estimate of drug-likeness (QED) is 0.469. The Hall–Kier alpha value is -0.960. The molecule has 1 rings (SSSR count). The molecule has 0 aromatic heterocycles. The smallest absolute Gasteiger partial charge is 0.251 e. The number of rotatable bonds is 10. The Bertz CT molecular complexity index is 375. The third kappa shape index (κ3) is 7.59. The van der Waals surface area contributed by atoms with Crippen LogP contribution < -0.4 is 5.32 Å². The van der Waals surface area contributed by atoms with Crippen molar-refractivity contribution in [3.05, 3.63) is 29.8 Å². The topological polar surface area (TPSA) is 29.1 Å². The van der Waals surface area contributed by atoms with Crippen molar-refractivity contribution >= 4 is 18.5 Å². The average Bonchev–Trinajstić information content (AvgIpc) is 2.46. The first kappa shape index (κ1) is 17.1. The van der Waals surface area contributed by atoms with Crippen LogP contribution >= 0.6 is 12.6 Å². The van der Waals surface area contributed by atoms with E-state index in [0.29, 0.717) is 5.56 Å². The van der Waals surface area contributed by atoms with Gasteiger partial charge in [-0.15, -0.1) is 12.6 Å². The van der Waals surface area contributed by atoms with Gasteiger partial charge in [0, 0.05) is 17.0 Å². The fraction of sp³-hybridized carbons (Fsp3) is 0.588. The summed E-state index contributed by atoms with van der Waals surface area (Å²) < 4.78 is 0. The number of carbonyl (C=O) groups is 1. The van der Waals surface area contributed by atoms with E-state index in [-0.39, 0.29) is 5.91 Å². The molecule has 0 fully saturated rings. The van der Waals surface area contributed by atoms with Crippen molar-refractivity contribution < 1.29 is 4.79 Å². The van der Waals surface area contributed by atoms with Gasteiger partial charge in [0.2, 0.25) is 0 Å². The molecule has 0 saturated heterocycles. The minimum absolute atomic E-state index is 0.0151. The van der Waals surface area contributed by atoms with E-state index >= 15 is 0 Å². The second-order valence-electron chi connectivity index (χ2n) is 5.28. The summed E-state index contributed by atoms with van der Waals surface area (Å²) in [6.07, 6.45) is 10.3. The summed E-state index contributed by atoms with van der Waals surface area (Å²) in [6.45, 7) is 3.02. The predicted octanol–water partition coefficient (Wildman–Crippen LogP) is 4.85. The van der Waals surface area contributed by atoms with E-state index < -0.39 is 0 Å². The number of nitrogens with one attached hydrogen (secondary N) is 1. The minimum atomic E-state index is 0.0151. The molecule has 1 aromatic rings. The van der Waals surface area contributed by atoms with Crippen LogP contribution in [0.2, 0.25) is 0 Å². The van der Waals surface area contributed by atoms with E-state index in [4.69, 9.17) is 0 Å². The molecule has 0 atom stereocenters. The number of unbranched alkanes of at least 4 members (excludes halogenated alkanes) is 7. The third-order valence-corrected chi connectivity index (χ3v) is 3.74. The minimum Gasteiger partial charge on any atom is -0.352 e. The van der Waals surface area contributed by atoms with Crippen molar-refractivity contribution in [1.29, 1.82) is 0 Å². The molecule has 1 aromatic carbocycles. The monoisotopic (exact) mass is 293 g/mol. The number of benzene rings is 1. The largest absolute Gasteiger partial charge is 0.352 e. The van der Waals surface area contributed by atoms with Gasteiger partial charge in [-0.2, -0.15) is 0 Å². The van der Waals surface area contributed by atoms with E-state index in [1.165, 1.54) is 44.9 Å². The van der Waals surface area contributed by atoms with Crippen LogP contribution in [0, 0.1) is 0 Å². The Morgan fingerprint density at radius 1 is 0.950 bits per heavy atom. The van der Waals surface area contributed by atoms with Gasteiger partial charge in [0.05, 0.1) is 0 Å². The summed E-state index contributed by atoms with van der Waals surface area (Å²) in [5.74, 6) is 0.0151. The van der Waals surface area contributed by atoms with Gasteiger partial charge in [0.15, 0.2) is 0 Å². The van der Waals surface area contributed by atoms with Gasteiger partial charge < -0.3 is 5.32 Å². The van der Waals surface area contributed by atoms with Crippen LogP contribution in [0.25, 0.3) is 0 Å². The molecule has 0 aliphatic carbocycles. The molecule has 0 saturated carbocycles. The zero-order chi connectivity index (χ0) is 14.6. The first-order valence-electron chi connectivity index (χ1n) is 7.81. The summed E-state index contributed by atoms with van der Waals surface area (Å²) in [7, 11) is 0. The molecule has 3 heteroatoms. The van der Waals surface area contributed by atoms with E-state index in [9.17, 15) is 4.79 Å². The lowest BCUT2D eigenvalue weighted by Gasteiger charge is -2.05. The molecule has 0 unspecified atom stereocenters. The molecule has 2 nitrogen and oxygen atoms in total. The Balaban J connectivity index is 2.01. The van der Waals surface area contributed by atoms with Crippen LogP contribution in [-0.4, -0.2) is 12.5 Å². The van der Waals surface area contributed by atoms with Crippen molar-refractivity contribution in [2.45, 2.75) is 63.2 Å². The lowest BCUT2D eigenvalue weighted by atomic mass is 10.1. The highest BCUT2D eigenvalue weighted by atomic mass is 32.1. The van der Waals surface area contributed by atoms with Gasteiger partial charge in [-0.05, 0) is 30.7 Å². The molecule has 0 aliphatic rings. The molecule has 0 spiro atoms. The van der Waals surface area contributed by atoms with E-state index in [1.807, 2.05) is 24.3 Å². The zero-order valence-electron chi connectivity index (χ0n) is 12.5. The Labute approximate surface area is 128 Å². The standard InChI is InChI=1S/C17H27NOS/c1-2-3-4-5-6-7-8-9-14-18-17(19)15-10-12-16(20)13-11-15/h10-13,20H,2-9,14H2,1H3,(H,18,19). The Morgan fingerprint density at radius 2 is 1.50 bits per heavy atom. The van der Waals surface area contributed by atoms with E-state index in [1.54, 1.807) is 0 Å². The summed E-state index contributed by atoms with van der Waals surface area (Å²) in [5, 5.41) is 2.97. The van der Waals surface area contributed by atoms with Gasteiger partial charge in [-0.1, -0.05) is 51.9 Å². The highest BCUT2D eigenvalue weighted by molar-refractivity contribution is 7.80. The van der Waals surface area contributed by atoms with Crippen molar-refractivity contribution in [1.82, 2.24) is 5.32 Å². The van der Waals surface area contributed by atoms with Crippen molar-refractivity contribution in [2.75, 3.05) is 6.54 Å². The fourth-order valence-corrected chi connectivity index (χ4v) is 2.32. The van der Waals surface area contributed by atoms with Crippen molar-refractivity contribution in [3.8, 4) is 0 Å². The molecule has 0 radical (unpaired) electrons. The summed E-state index contributed by atoms with van der Waals surface area (Å²) >= 11 is 4.21. The van der Waals surface area contributed by atoms with Gasteiger partial charge in [0.1, 0.15) is 0 Å². The maximum absolute atomic E-state index is 11.8. The summed E-state index contributed by atoms with van der Waals surface area (Å²) in [5.41, 5.74) is 0.711. The molecule has 112 valence electrons. The highest BCUT2D eigenvalue weighted by Crippen LogP contribution is 2.09. The van der Waals surface area contributed by atoms with Crippen LogP contribution in [0.3, 0.4) is 0 Å². The molecule has 0 aliphatic heterocycles. The van der Waals surface area contributed by atoms with Crippen molar-refractivity contribution in [3.63, 3.8) is 0 Å². The maximum Gasteiger partial charge on any atom is 0.251 e. The van der Waals surface area contributed by atoms with Crippen LogP contribution in [0.15, 0.2) is 29.2 Å². The maximum atomic E-state index is 11.8. The fourth-order valence-electron chi connectivity index (χ4n) is 2.18. The number of hydrogen-bond acceptors (Lipinski definition) is 2. The molecule has 20 heavy (non-hydrogen) atoms. The second-order valence-corrected chi connectivity index (χ2v) is 5.79. The van der Waals surface area contributed by atoms with Gasteiger partial charge >= 0.3 is 0 Å². The zero-order valence-corrected chi connectivity index (χ0v) is 13.4. The molecule has 1 N–H and O–H groups in total. The lowest BCUT2D eigenvalue weighted by molar-refractivity contribution is 0.0953. The van der Waals surface area contributed by atoms with Gasteiger partial charge in [0.25, 0.3) is 5.91 Å². The SMILES string of the molecule is CCCCCCCCCCNC(=O)c1ccc(S)cc1. The lowest BCUT2D eigenvalue weighted by Crippen LogP contribution is -2.24. The average molecular weight is 293 g/mol. The van der Waals surface area contributed by atoms with Crippen molar-refractivity contribution in [2.24, 2.45) is 0 Å².